The number of hydrogen-bond donors (Lipinski definition) is 1. The predicted octanol–water partition coefficient (Wildman–Crippen LogP) is 3.04. The molecule has 0 atom stereocenters. The van der Waals surface area contributed by atoms with Gasteiger partial charge in [-0.3, -0.25) is 4.72 Å². The summed E-state index contributed by atoms with van der Waals surface area (Å²) in [6, 6.07) is 18.1. The third kappa shape index (κ3) is 3.60. The van der Waals surface area contributed by atoms with Crippen LogP contribution in [-0.4, -0.2) is 18.2 Å². The fourth-order valence-electron chi connectivity index (χ4n) is 2.22. The van der Waals surface area contributed by atoms with Gasteiger partial charge in [-0.1, -0.05) is 48.0 Å². The lowest BCUT2D eigenvalue weighted by Crippen LogP contribution is -2.16. The van der Waals surface area contributed by atoms with Gasteiger partial charge in [0.2, 0.25) is 0 Å². The van der Waals surface area contributed by atoms with Gasteiger partial charge in [0.15, 0.2) is 0 Å². The molecule has 0 fully saturated rings. The first-order valence-electron chi connectivity index (χ1n) is 7.20. The molecule has 0 saturated heterocycles. The number of nitrogens with zero attached hydrogens (tertiary/aromatic N) is 2. The highest BCUT2D eigenvalue weighted by Crippen LogP contribution is 2.17. The minimum Gasteiger partial charge on any atom is -0.264 e. The number of rotatable bonds is 5. The smallest absolute Gasteiger partial charge is 0.263 e. The molecule has 2 aromatic carbocycles. The summed E-state index contributed by atoms with van der Waals surface area (Å²) >= 11 is 0. The van der Waals surface area contributed by atoms with Crippen LogP contribution in [0.3, 0.4) is 0 Å². The van der Waals surface area contributed by atoms with E-state index < -0.39 is 10.0 Å². The Hall–Kier alpha value is -2.60. The van der Waals surface area contributed by atoms with Crippen molar-refractivity contribution in [1.29, 1.82) is 0 Å². The van der Waals surface area contributed by atoms with Gasteiger partial charge in [-0.25, -0.2) is 13.1 Å². The zero-order valence-corrected chi connectivity index (χ0v) is 13.5. The normalized spacial score (nSPS) is 11.3. The molecule has 0 radical (unpaired) electrons. The van der Waals surface area contributed by atoms with Crippen molar-refractivity contribution in [2.75, 3.05) is 4.72 Å². The van der Waals surface area contributed by atoms with Gasteiger partial charge in [-0.15, -0.1) is 0 Å². The first kappa shape index (κ1) is 15.3. The summed E-state index contributed by atoms with van der Waals surface area (Å²) in [5.74, 6) is 0.439. The molecule has 0 saturated carbocycles. The maximum atomic E-state index is 12.5. The lowest BCUT2D eigenvalue weighted by Gasteiger charge is -2.11. The van der Waals surface area contributed by atoms with E-state index in [-0.39, 0.29) is 4.90 Å². The highest BCUT2D eigenvalue weighted by atomic mass is 32.2. The van der Waals surface area contributed by atoms with E-state index in [0.29, 0.717) is 12.4 Å². The Morgan fingerprint density at radius 2 is 1.70 bits per heavy atom. The van der Waals surface area contributed by atoms with Crippen molar-refractivity contribution in [1.82, 2.24) is 9.78 Å². The number of aryl methyl sites for hydroxylation is 1. The Bertz CT molecular complexity index is 885. The van der Waals surface area contributed by atoms with Crippen LogP contribution >= 0.6 is 0 Å². The molecule has 0 aliphatic rings. The minimum atomic E-state index is -3.63. The van der Waals surface area contributed by atoms with Crippen molar-refractivity contribution < 1.29 is 8.42 Å². The molecule has 1 N–H and O–H groups in total. The van der Waals surface area contributed by atoms with E-state index >= 15 is 0 Å². The van der Waals surface area contributed by atoms with Crippen LogP contribution in [0.4, 0.5) is 5.82 Å². The second kappa shape index (κ2) is 6.26. The molecule has 118 valence electrons. The molecular formula is C17H17N3O2S. The fraction of sp³-hybridized carbons (Fsp3) is 0.118. The van der Waals surface area contributed by atoms with E-state index in [1.165, 1.54) is 0 Å². The predicted molar refractivity (Wildman–Crippen MR) is 89.8 cm³/mol. The van der Waals surface area contributed by atoms with Crippen LogP contribution in [-0.2, 0) is 16.6 Å². The summed E-state index contributed by atoms with van der Waals surface area (Å²) in [5.41, 5.74) is 2.06. The standard InChI is InChI=1S/C17H17N3O2S/c1-14-7-9-16(10-8-14)23(21,22)19-17-11-12-18-20(17)13-15-5-3-2-4-6-15/h2-12,19H,13H2,1H3. The van der Waals surface area contributed by atoms with Crippen molar-refractivity contribution in [3.8, 4) is 0 Å². The zero-order chi connectivity index (χ0) is 16.3. The molecule has 23 heavy (non-hydrogen) atoms. The number of anilines is 1. The lowest BCUT2D eigenvalue weighted by atomic mass is 10.2. The molecule has 1 aromatic heterocycles. The Labute approximate surface area is 135 Å². The SMILES string of the molecule is Cc1ccc(S(=O)(=O)Nc2ccnn2Cc2ccccc2)cc1. The van der Waals surface area contributed by atoms with Gasteiger partial charge in [0.05, 0.1) is 17.6 Å². The summed E-state index contributed by atoms with van der Waals surface area (Å²) < 4.78 is 29.1. The third-order valence-corrected chi connectivity index (χ3v) is 4.83. The van der Waals surface area contributed by atoms with Gasteiger partial charge >= 0.3 is 0 Å². The topological polar surface area (TPSA) is 64.0 Å². The summed E-state index contributed by atoms with van der Waals surface area (Å²) in [7, 11) is -3.63. The summed E-state index contributed by atoms with van der Waals surface area (Å²) in [6.45, 7) is 2.42. The first-order chi connectivity index (χ1) is 11.0. The molecule has 5 nitrogen and oxygen atoms in total. The second-order valence-electron chi connectivity index (χ2n) is 5.28. The first-order valence-corrected chi connectivity index (χ1v) is 8.68. The maximum Gasteiger partial charge on any atom is 0.263 e. The number of benzene rings is 2. The Morgan fingerprint density at radius 1 is 1.00 bits per heavy atom. The minimum absolute atomic E-state index is 0.232. The number of sulfonamides is 1. The molecule has 0 bridgehead atoms. The quantitative estimate of drug-likeness (QED) is 0.783. The summed E-state index contributed by atoms with van der Waals surface area (Å²) in [5, 5.41) is 4.19. The van der Waals surface area contributed by atoms with E-state index in [2.05, 4.69) is 9.82 Å². The van der Waals surface area contributed by atoms with Gasteiger partial charge in [-0.05, 0) is 24.6 Å². The average molecular weight is 327 g/mol. The van der Waals surface area contributed by atoms with E-state index in [4.69, 9.17) is 0 Å². The van der Waals surface area contributed by atoms with E-state index in [0.717, 1.165) is 11.1 Å². The summed E-state index contributed by atoms with van der Waals surface area (Å²) in [6.07, 6.45) is 1.58. The number of hydrogen-bond acceptors (Lipinski definition) is 3. The van der Waals surface area contributed by atoms with Crippen LogP contribution in [0.1, 0.15) is 11.1 Å². The van der Waals surface area contributed by atoms with Crippen LogP contribution in [0, 0.1) is 6.92 Å². The Morgan fingerprint density at radius 3 is 2.39 bits per heavy atom. The third-order valence-electron chi connectivity index (χ3n) is 3.46. The molecule has 1 heterocycles. The van der Waals surface area contributed by atoms with E-state index in [1.807, 2.05) is 37.3 Å². The van der Waals surface area contributed by atoms with E-state index in [1.54, 1.807) is 41.2 Å². The van der Waals surface area contributed by atoms with Gasteiger partial charge in [0, 0.05) is 6.07 Å². The van der Waals surface area contributed by atoms with Gasteiger partial charge in [-0.2, -0.15) is 5.10 Å². The molecule has 6 heteroatoms. The molecular weight excluding hydrogens is 310 g/mol. The van der Waals surface area contributed by atoms with Crippen molar-refractivity contribution in [2.24, 2.45) is 0 Å². The molecule has 3 aromatic rings. The summed E-state index contributed by atoms with van der Waals surface area (Å²) in [4.78, 5) is 0.232. The largest absolute Gasteiger partial charge is 0.264 e. The highest BCUT2D eigenvalue weighted by molar-refractivity contribution is 7.92. The average Bonchev–Trinajstić information content (AvgIpc) is 2.95. The number of nitrogens with one attached hydrogen (secondary N) is 1. The van der Waals surface area contributed by atoms with Crippen LogP contribution < -0.4 is 4.72 Å². The monoisotopic (exact) mass is 327 g/mol. The van der Waals surface area contributed by atoms with Gasteiger partial charge in [0.25, 0.3) is 10.0 Å². The molecule has 0 spiro atoms. The molecule has 0 aliphatic heterocycles. The van der Waals surface area contributed by atoms with Crippen molar-refractivity contribution in [3.63, 3.8) is 0 Å². The zero-order valence-electron chi connectivity index (χ0n) is 12.7. The van der Waals surface area contributed by atoms with Crippen molar-refractivity contribution in [2.45, 2.75) is 18.4 Å². The van der Waals surface area contributed by atoms with Gasteiger partial charge < -0.3 is 0 Å². The van der Waals surface area contributed by atoms with Crippen LogP contribution in [0.2, 0.25) is 0 Å². The maximum absolute atomic E-state index is 12.5. The molecule has 3 rings (SSSR count). The molecule has 0 amide bonds. The Kier molecular flexibility index (Phi) is 4.16. The molecule has 0 unspecified atom stereocenters. The Balaban J connectivity index is 1.83. The second-order valence-corrected chi connectivity index (χ2v) is 6.96. The lowest BCUT2D eigenvalue weighted by molar-refractivity contribution is 0.599. The van der Waals surface area contributed by atoms with Crippen LogP contribution in [0.15, 0.2) is 71.8 Å². The van der Waals surface area contributed by atoms with Crippen LogP contribution in [0.5, 0.6) is 0 Å². The highest BCUT2D eigenvalue weighted by Gasteiger charge is 2.16. The van der Waals surface area contributed by atoms with E-state index in [9.17, 15) is 8.42 Å². The van der Waals surface area contributed by atoms with Crippen molar-refractivity contribution >= 4 is 15.8 Å². The van der Waals surface area contributed by atoms with Crippen molar-refractivity contribution in [3.05, 3.63) is 78.0 Å². The molecule has 0 aliphatic carbocycles. The van der Waals surface area contributed by atoms with Gasteiger partial charge in [0.1, 0.15) is 5.82 Å². The fourth-order valence-corrected chi connectivity index (χ4v) is 3.28. The van der Waals surface area contributed by atoms with Crippen LogP contribution in [0.25, 0.3) is 0 Å². The number of aromatic nitrogens is 2.